The lowest BCUT2D eigenvalue weighted by Crippen LogP contribution is -2.29. The average molecular weight is 436 g/mol. The van der Waals surface area contributed by atoms with Gasteiger partial charge >= 0.3 is 0 Å². The average Bonchev–Trinajstić information content (AvgIpc) is 3.36. The Morgan fingerprint density at radius 2 is 1.97 bits per heavy atom. The normalized spacial score (nSPS) is 14.6. The molecule has 0 radical (unpaired) electrons. The fourth-order valence-corrected chi connectivity index (χ4v) is 4.38. The number of aliphatic imine (C=N–C) groups is 1. The van der Waals surface area contributed by atoms with E-state index in [1.54, 1.807) is 18.9 Å². The summed E-state index contributed by atoms with van der Waals surface area (Å²) in [6.45, 7) is 6.80. The van der Waals surface area contributed by atoms with Crippen LogP contribution in [0.4, 0.5) is 0 Å². The van der Waals surface area contributed by atoms with Crippen molar-refractivity contribution in [3.8, 4) is 11.5 Å². The van der Waals surface area contributed by atoms with Gasteiger partial charge in [-0.15, -0.1) is 10.2 Å². The van der Waals surface area contributed by atoms with Crippen LogP contribution in [-0.4, -0.2) is 51.0 Å². The van der Waals surface area contributed by atoms with E-state index in [2.05, 4.69) is 34.4 Å². The van der Waals surface area contributed by atoms with E-state index < -0.39 is 0 Å². The van der Waals surface area contributed by atoms with Crippen LogP contribution in [0.25, 0.3) is 0 Å². The number of rotatable bonds is 8. The zero-order valence-corrected chi connectivity index (χ0v) is 18.5. The quantitative estimate of drug-likeness (QED) is 0.636. The number of carbonyl (C=O) groups is 1. The maximum Gasteiger partial charge on any atom is 0.236 e. The van der Waals surface area contributed by atoms with Gasteiger partial charge in [0.25, 0.3) is 0 Å². The molecule has 0 saturated heterocycles. The number of amidine groups is 1. The molecule has 0 saturated carbocycles. The molecule has 2 heterocycles. The van der Waals surface area contributed by atoms with E-state index in [9.17, 15) is 4.79 Å². The standard InChI is InChI=1S/C19H25N5O3S2/c1-12(2)24-17(13(3)27-15-7-5-14(26-4)6-8-15)22-23-19(24)29-11-16(25)21-18-20-9-10-28-18/h5-8,12-13H,9-11H2,1-4H3,(H,20,21,25). The van der Waals surface area contributed by atoms with Gasteiger partial charge < -0.3 is 19.4 Å². The van der Waals surface area contributed by atoms with Crippen LogP contribution in [0.15, 0.2) is 34.4 Å². The number of aromatic nitrogens is 3. The van der Waals surface area contributed by atoms with E-state index in [0.29, 0.717) is 10.3 Å². The van der Waals surface area contributed by atoms with Gasteiger partial charge in [-0.2, -0.15) is 0 Å². The number of ether oxygens (including phenoxy) is 2. The van der Waals surface area contributed by atoms with Crippen LogP contribution >= 0.6 is 23.5 Å². The van der Waals surface area contributed by atoms with E-state index in [4.69, 9.17) is 9.47 Å². The second-order valence-corrected chi connectivity index (χ2v) is 8.64. The van der Waals surface area contributed by atoms with Crippen LogP contribution in [0, 0.1) is 0 Å². The van der Waals surface area contributed by atoms with E-state index in [1.165, 1.54) is 11.8 Å². The third-order valence-corrected chi connectivity index (χ3v) is 5.94. The van der Waals surface area contributed by atoms with Gasteiger partial charge in [0.1, 0.15) is 11.5 Å². The van der Waals surface area contributed by atoms with Crippen molar-refractivity contribution in [1.29, 1.82) is 0 Å². The van der Waals surface area contributed by atoms with Crippen molar-refractivity contribution in [2.75, 3.05) is 25.2 Å². The summed E-state index contributed by atoms with van der Waals surface area (Å²) in [6.07, 6.45) is -0.300. The van der Waals surface area contributed by atoms with Crippen molar-refractivity contribution in [2.45, 2.75) is 38.1 Å². The Morgan fingerprint density at radius 1 is 1.24 bits per heavy atom. The smallest absolute Gasteiger partial charge is 0.236 e. The number of hydrogen-bond donors (Lipinski definition) is 1. The molecule has 1 atom stereocenters. The first-order chi connectivity index (χ1) is 14.0. The molecule has 1 N–H and O–H groups in total. The Bertz CT molecular complexity index is 867. The lowest BCUT2D eigenvalue weighted by molar-refractivity contribution is -0.117. The van der Waals surface area contributed by atoms with Gasteiger partial charge in [-0.05, 0) is 45.0 Å². The van der Waals surface area contributed by atoms with Gasteiger partial charge in [-0.3, -0.25) is 9.79 Å². The third-order valence-electron chi connectivity index (χ3n) is 4.11. The minimum Gasteiger partial charge on any atom is -0.497 e. The Balaban J connectivity index is 1.66. The Hall–Kier alpha value is -2.20. The van der Waals surface area contributed by atoms with Gasteiger partial charge in [0, 0.05) is 11.8 Å². The van der Waals surface area contributed by atoms with Gasteiger partial charge in [0.05, 0.1) is 19.4 Å². The summed E-state index contributed by atoms with van der Waals surface area (Å²) in [5.41, 5.74) is 0. The number of methoxy groups -OCH3 is 1. The molecular formula is C19H25N5O3S2. The SMILES string of the molecule is COc1ccc(OC(C)c2nnc(SCC(=O)NC3=NCCS3)n2C(C)C)cc1. The van der Waals surface area contributed by atoms with Gasteiger partial charge in [0.2, 0.25) is 5.91 Å². The van der Waals surface area contributed by atoms with Crippen molar-refractivity contribution in [3.05, 3.63) is 30.1 Å². The largest absolute Gasteiger partial charge is 0.497 e. The molecule has 1 amide bonds. The molecule has 2 aromatic rings. The van der Waals surface area contributed by atoms with E-state index >= 15 is 0 Å². The highest BCUT2D eigenvalue weighted by molar-refractivity contribution is 8.14. The maximum atomic E-state index is 12.2. The predicted octanol–water partition coefficient (Wildman–Crippen LogP) is 3.32. The molecule has 8 nitrogen and oxygen atoms in total. The summed E-state index contributed by atoms with van der Waals surface area (Å²) in [7, 11) is 1.63. The monoisotopic (exact) mass is 435 g/mol. The van der Waals surface area contributed by atoms with E-state index in [0.717, 1.165) is 29.6 Å². The number of amides is 1. The topological polar surface area (TPSA) is 90.6 Å². The van der Waals surface area contributed by atoms with Crippen molar-refractivity contribution in [3.63, 3.8) is 0 Å². The first-order valence-corrected chi connectivity index (χ1v) is 11.3. The zero-order valence-electron chi connectivity index (χ0n) is 16.9. The Kier molecular flexibility index (Phi) is 7.43. The maximum absolute atomic E-state index is 12.2. The minimum atomic E-state index is -0.300. The summed E-state index contributed by atoms with van der Waals surface area (Å²) >= 11 is 2.92. The van der Waals surface area contributed by atoms with Gasteiger partial charge in [-0.25, -0.2) is 0 Å². The highest BCUT2D eigenvalue weighted by Gasteiger charge is 2.22. The second-order valence-electron chi connectivity index (χ2n) is 6.61. The molecule has 3 rings (SSSR count). The minimum absolute atomic E-state index is 0.0921. The molecule has 0 fully saturated rings. The van der Waals surface area contributed by atoms with Crippen molar-refractivity contribution < 1.29 is 14.3 Å². The lowest BCUT2D eigenvalue weighted by atomic mass is 10.3. The molecule has 0 aliphatic carbocycles. The molecule has 1 aliphatic heterocycles. The number of nitrogens with zero attached hydrogens (tertiary/aromatic N) is 4. The number of carbonyl (C=O) groups excluding carboxylic acids is 1. The molecule has 156 valence electrons. The van der Waals surface area contributed by atoms with Crippen LogP contribution in [0.5, 0.6) is 11.5 Å². The van der Waals surface area contributed by atoms with Crippen LogP contribution in [0.3, 0.4) is 0 Å². The molecule has 0 bridgehead atoms. The first-order valence-electron chi connectivity index (χ1n) is 9.33. The van der Waals surface area contributed by atoms with Crippen LogP contribution in [0.1, 0.15) is 38.7 Å². The fourth-order valence-electron chi connectivity index (χ4n) is 2.76. The van der Waals surface area contributed by atoms with Crippen molar-refractivity contribution in [2.24, 2.45) is 4.99 Å². The van der Waals surface area contributed by atoms with Crippen molar-refractivity contribution in [1.82, 2.24) is 20.1 Å². The summed E-state index contributed by atoms with van der Waals surface area (Å²) in [4.78, 5) is 16.4. The highest BCUT2D eigenvalue weighted by Crippen LogP contribution is 2.28. The number of thioether (sulfide) groups is 2. The van der Waals surface area contributed by atoms with E-state index in [1.807, 2.05) is 35.8 Å². The molecule has 1 aromatic carbocycles. The van der Waals surface area contributed by atoms with Gasteiger partial charge in [-0.1, -0.05) is 23.5 Å². The molecule has 1 aliphatic rings. The summed E-state index contributed by atoms with van der Waals surface area (Å²) in [6, 6.07) is 7.54. The van der Waals surface area contributed by atoms with Crippen LogP contribution < -0.4 is 14.8 Å². The Labute approximate surface area is 178 Å². The zero-order chi connectivity index (χ0) is 20.8. The Morgan fingerprint density at radius 3 is 2.59 bits per heavy atom. The molecule has 10 heteroatoms. The summed E-state index contributed by atoms with van der Waals surface area (Å²) < 4.78 is 13.2. The number of benzene rings is 1. The van der Waals surface area contributed by atoms with Gasteiger partial charge in [0.15, 0.2) is 22.3 Å². The third kappa shape index (κ3) is 5.66. The van der Waals surface area contributed by atoms with Crippen LogP contribution in [-0.2, 0) is 4.79 Å². The second kappa shape index (κ2) is 10.0. The van der Waals surface area contributed by atoms with Crippen molar-refractivity contribution >= 4 is 34.6 Å². The number of hydrogen-bond acceptors (Lipinski definition) is 8. The summed E-state index contributed by atoms with van der Waals surface area (Å²) in [5.74, 6) is 3.28. The molecule has 1 unspecified atom stereocenters. The molecular weight excluding hydrogens is 410 g/mol. The molecule has 0 spiro atoms. The van der Waals surface area contributed by atoms with Crippen LogP contribution in [0.2, 0.25) is 0 Å². The molecule has 1 aromatic heterocycles. The fraction of sp³-hybridized carbons (Fsp3) is 0.474. The number of nitrogens with one attached hydrogen (secondary N) is 1. The molecule has 29 heavy (non-hydrogen) atoms. The lowest BCUT2D eigenvalue weighted by Gasteiger charge is -2.19. The first kappa shape index (κ1) is 21.5. The van der Waals surface area contributed by atoms with E-state index in [-0.39, 0.29) is 23.8 Å². The highest BCUT2D eigenvalue weighted by atomic mass is 32.2. The summed E-state index contributed by atoms with van der Waals surface area (Å²) in [5, 5.41) is 12.8. The predicted molar refractivity (Wildman–Crippen MR) is 116 cm³/mol.